The van der Waals surface area contributed by atoms with E-state index >= 15 is 0 Å². The lowest BCUT2D eigenvalue weighted by Gasteiger charge is -2.15. The Balaban J connectivity index is 1.39. The summed E-state index contributed by atoms with van der Waals surface area (Å²) in [4.78, 5) is 41.5. The summed E-state index contributed by atoms with van der Waals surface area (Å²) in [6.07, 6.45) is 0. The molecule has 5 rings (SSSR count). The van der Waals surface area contributed by atoms with Crippen LogP contribution < -0.4 is 15.5 Å². The van der Waals surface area contributed by atoms with E-state index in [4.69, 9.17) is 0 Å². The number of nitrogens with zero attached hydrogens (tertiary/aromatic N) is 1. The maximum Gasteiger partial charge on any atom is 0.283 e. The van der Waals surface area contributed by atoms with Crippen molar-refractivity contribution in [1.29, 1.82) is 0 Å². The number of nitrogens with one attached hydrogen (secondary N) is 2. The first-order valence-corrected chi connectivity index (χ1v) is 12.6. The maximum atomic E-state index is 13.5. The zero-order valence-corrected chi connectivity index (χ0v) is 21.1. The second kappa shape index (κ2) is 10.7. The zero-order valence-electron chi connectivity index (χ0n) is 20.3. The fourth-order valence-corrected chi connectivity index (χ4v) is 4.76. The third-order valence-corrected chi connectivity index (χ3v) is 6.91. The molecule has 0 fully saturated rings. The molecule has 4 aromatic rings. The number of aryl methyl sites for hydroxylation is 1. The molecule has 1 aliphatic rings. The van der Waals surface area contributed by atoms with E-state index in [1.165, 1.54) is 40.9 Å². The van der Waals surface area contributed by atoms with Crippen molar-refractivity contribution in [3.8, 4) is 0 Å². The average Bonchev–Trinajstić information content (AvgIpc) is 3.15. The molecule has 8 heteroatoms. The molecule has 0 radical (unpaired) electrons. The van der Waals surface area contributed by atoms with Gasteiger partial charge in [-0.25, -0.2) is 9.29 Å². The highest BCUT2D eigenvalue weighted by molar-refractivity contribution is 8.04. The third-order valence-electron chi connectivity index (χ3n) is 5.82. The fraction of sp³-hybridized carbons (Fsp3) is 0.0333. The minimum absolute atomic E-state index is 0.195. The summed E-state index contributed by atoms with van der Waals surface area (Å²) in [5.41, 5.74) is 3.26. The van der Waals surface area contributed by atoms with Crippen molar-refractivity contribution in [3.63, 3.8) is 0 Å². The quantitative estimate of drug-likeness (QED) is 0.275. The number of amides is 3. The molecule has 0 saturated carbocycles. The molecule has 0 saturated heterocycles. The SMILES string of the molecule is Cc1ccc(N2C(=O)C(Nc3ccccc3)=C(Sc3ccc(NC(=O)c4ccc(F)cc4)cc3)C2=O)cc1. The lowest BCUT2D eigenvalue weighted by atomic mass is 10.2. The van der Waals surface area contributed by atoms with Crippen LogP contribution in [0, 0.1) is 12.7 Å². The normalized spacial score (nSPS) is 13.2. The van der Waals surface area contributed by atoms with Crippen molar-refractivity contribution in [2.24, 2.45) is 0 Å². The number of halogens is 1. The van der Waals surface area contributed by atoms with Crippen LogP contribution in [0.1, 0.15) is 15.9 Å². The van der Waals surface area contributed by atoms with E-state index in [1.54, 1.807) is 36.4 Å². The largest absolute Gasteiger partial charge is 0.350 e. The van der Waals surface area contributed by atoms with Gasteiger partial charge in [-0.05, 0) is 79.7 Å². The van der Waals surface area contributed by atoms with Gasteiger partial charge in [0, 0.05) is 21.8 Å². The van der Waals surface area contributed by atoms with Gasteiger partial charge in [0.1, 0.15) is 16.4 Å². The van der Waals surface area contributed by atoms with Crippen LogP contribution >= 0.6 is 11.8 Å². The van der Waals surface area contributed by atoms with Gasteiger partial charge in [-0.2, -0.15) is 0 Å². The molecule has 0 spiro atoms. The number of hydrogen-bond donors (Lipinski definition) is 2. The summed E-state index contributed by atoms with van der Waals surface area (Å²) in [6.45, 7) is 1.94. The average molecular weight is 524 g/mol. The Kier molecular flexibility index (Phi) is 7.06. The molecule has 188 valence electrons. The Morgan fingerprint density at radius 2 is 1.42 bits per heavy atom. The van der Waals surface area contributed by atoms with Crippen LogP contribution in [-0.2, 0) is 9.59 Å². The first kappa shape index (κ1) is 25.0. The van der Waals surface area contributed by atoms with Crippen LogP contribution in [0.15, 0.2) is 119 Å². The standard InChI is InChI=1S/C30H22FN3O3S/c1-19-7-15-24(16-8-19)34-29(36)26(32-22-5-3-2-4-6-22)27(30(34)37)38-25-17-13-23(14-18-25)33-28(35)20-9-11-21(31)12-10-20/h2-18,32H,1H3,(H,33,35). The lowest BCUT2D eigenvalue weighted by Crippen LogP contribution is -2.32. The molecule has 0 aliphatic carbocycles. The van der Waals surface area contributed by atoms with Gasteiger partial charge in [0.05, 0.1) is 5.69 Å². The molecule has 4 aromatic carbocycles. The van der Waals surface area contributed by atoms with Gasteiger partial charge in [-0.1, -0.05) is 47.7 Å². The van der Waals surface area contributed by atoms with Crippen molar-refractivity contribution in [1.82, 2.24) is 0 Å². The number of para-hydroxylation sites is 1. The van der Waals surface area contributed by atoms with E-state index in [0.717, 1.165) is 5.56 Å². The number of benzene rings is 4. The number of anilines is 3. The second-order valence-electron chi connectivity index (χ2n) is 8.56. The molecule has 38 heavy (non-hydrogen) atoms. The highest BCUT2D eigenvalue weighted by Crippen LogP contribution is 2.38. The minimum Gasteiger partial charge on any atom is -0.350 e. The molecule has 0 atom stereocenters. The predicted molar refractivity (Wildman–Crippen MR) is 147 cm³/mol. The molecule has 3 amide bonds. The van der Waals surface area contributed by atoms with Crippen molar-refractivity contribution < 1.29 is 18.8 Å². The molecule has 0 bridgehead atoms. The summed E-state index contributed by atoms with van der Waals surface area (Å²) >= 11 is 1.17. The van der Waals surface area contributed by atoms with Gasteiger partial charge in [0.25, 0.3) is 17.7 Å². The zero-order chi connectivity index (χ0) is 26.6. The van der Waals surface area contributed by atoms with Gasteiger partial charge in [-0.15, -0.1) is 0 Å². The smallest absolute Gasteiger partial charge is 0.283 e. The van der Waals surface area contributed by atoms with Gasteiger partial charge in [0.15, 0.2) is 0 Å². The summed E-state index contributed by atoms with van der Waals surface area (Å²) < 4.78 is 13.1. The van der Waals surface area contributed by atoms with Crippen LogP contribution in [-0.4, -0.2) is 17.7 Å². The van der Waals surface area contributed by atoms with Crippen LogP contribution in [0.5, 0.6) is 0 Å². The number of rotatable bonds is 7. The van der Waals surface area contributed by atoms with E-state index in [9.17, 15) is 18.8 Å². The molecule has 1 aliphatic heterocycles. The first-order chi connectivity index (χ1) is 18.4. The number of thioether (sulfide) groups is 1. The Morgan fingerprint density at radius 1 is 0.763 bits per heavy atom. The van der Waals surface area contributed by atoms with Crippen LogP contribution in [0.25, 0.3) is 0 Å². The topological polar surface area (TPSA) is 78.5 Å². The summed E-state index contributed by atoms with van der Waals surface area (Å²) in [5, 5.41) is 5.89. The van der Waals surface area contributed by atoms with Crippen LogP contribution in [0.4, 0.5) is 21.5 Å². The Labute approximate surface area is 223 Å². The van der Waals surface area contributed by atoms with Crippen LogP contribution in [0.2, 0.25) is 0 Å². The lowest BCUT2D eigenvalue weighted by molar-refractivity contribution is -0.120. The molecular formula is C30H22FN3O3S. The molecule has 0 unspecified atom stereocenters. The van der Waals surface area contributed by atoms with Crippen molar-refractivity contribution >= 4 is 46.5 Å². The molecule has 6 nitrogen and oxygen atoms in total. The molecule has 0 aromatic heterocycles. The predicted octanol–water partition coefficient (Wildman–Crippen LogP) is 6.38. The number of carbonyl (C=O) groups is 3. The van der Waals surface area contributed by atoms with Crippen molar-refractivity contribution in [3.05, 3.63) is 131 Å². The Bertz CT molecular complexity index is 1530. The summed E-state index contributed by atoms with van der Waals surface area (Å²) in [6, 6.07) is 28.6. The van der Waals surface area contributed by atoms with E-state index < -0.39 is 17.6 Å². The van der Waals surface area contributed by atoms with E-state index in [2.05, 4.69) is 10.6 Å². The van der Waals surface area contributed by atoms with Gasteiger partial charge >= 0.3 is 0 Å². The highest BCUT2D eigenvalue weighted by Gasteiger charge is 2.40. The monoisotopic (exact) mass is 523 g/mol. The first-order valence-electron chi connectivity index (χ1n) is 11.8. The number of imide groups is 1. The van der Waals surface area contributed by atoms with E-state index in [-0.39, 0.29) is 16.5 Å². The third kappa shape index (κ3) is 5.35. The molecular weight excluding hydrogens is 501 g/mol. The number of carbonyl (C=O) groups excluding carboxylic acids is 3. The Hall–Kier alpha value is -4.69. The molecule has 1 heterocycles. The van der Waals surface area contributed by atoms with E-state index in [0.29, 0.717) is 27.5 Å². The van der Waals surface area contributed by atoms with E-state index in [1.807, 2.05) is 49.4 Å². The summed E-state index contributed by atoms with van der Waals surface area (Å²) in [5.74, 6) is -1.64. The number of hydrogen-bond acceptors (Lipinski definition) is 5. The maximum absolute atomic E-state index is 13.5. The highest BCUT2D eigenvalue weighted by atomic mass is 32.2. The molecule has 2 N–H and O–H groups in total. The van der Waals surface area contributed by atoms with Gasteiger partial charge in [-0.3, -0.25) is 14.4 Å². The van der Waals surface area contributed by atoms with Gasteiger partial charge < -0.3 is 10.6 Å². The van der Waals surface area contributed by atoms with Crippen LogP contribution in [0.3, 0.4) is 0 Å². The van der Waals surface area contributed by atoms with Gasteiger partial charge in [0.2, 0.25) is 0 Å². The Morgan fingerprint density at radius 3 is 2.08 bits per heavy atom. The second-order valence-corrected chi connectivity index (χ2v) is 9.65. The minimum atomic E-state index is -0.437. The van der Waals surface area contributed by atoms with Crippen molar-refractivity contribution in [2.75, 3.05) is 15.5 Å². The fourth-order valence-electron chi connectivity index (χ4n) is 3.84. The van der Waals surface area contributed by atoms with Crippen molar-refractivity contribution in [2.45, 2.75) is 11.8 Å². The summed E-state index contributed by atoms with van der Waals surface area (Å²) in [7, 11) is 0.